The van der Waals surface area contributed by atoms with Gasteiger partial charge < -0.3 is 4.57 Å². The second kappa shape index (κ2) is 3.82. The van der Waals surface area contributed by atoms with E-state index in [1.165, 1.54) is 36.9 Å². The average Bonchev–Trinajstić information content (AvgIpc) is 2.72. The second-order valence-electron chi connectivity index (χ2n) is 4.76. The van der Waals surface area contributed by atoms with E-state index in [1.807, 2.05) is 0 Å². The number of fused-ring (bicyclic) bond motifs is 1. The van der Waals surface area contributed by atoms with Crippen LogP contribution in [0.4, 0.5) is 0 Å². The molecule has 0 fully saturated rings. The first-order chi connectivity index (χ1) is 7.83. The van der Waals surface area contributed by atoms with Gasteiger partial charge in [0.25, 0.3) is 0 Å². The molecular formula is C15H17N. The van der Waals surface area contributed by atoms with Gasteiger partial charge in [0.1, 0.15) is 0 Å². The molecular weight excluding hydrogens is 194 g/mol. The highest BCUT2D eigenvalue weighted by Crippen LogP contribution is 2.24. The summed E-state index contributed by atoms with van der Waals surface area (Å²) in [6.45, 7) is 2.15. The number of hydrogen-bond acceptors (Lipinski definition) is 0. The standard InChI is InChI=1S/C15H17N/c1-12-5-4-8-15(9-12)16-10-13-6-2-3-7-14(13)11-16/h4-5,8-11H,2-3,6-7H2,1H3. The van der Waals surface area contributed by atoms with Crippen LogP contribution >= 0.6 is 0 Å². The lowest BCUT2D eigenvalue weighted by molar-refractivity contribution is 0.690. The van der Waals surface area contributed by atoms with Crippen molar-refractivity contribution >= 4 is 0 Å². The first-order valence-corrected chi connectivity index (χ1v) is 6.10. The van der Waals surface area contributed by atoms with Gasteiger partial charge in [-0.3, -0.25) is 0 Å². The molecule has 0 saturated heterocycles. The van der Waals surface area contributed by atoms with Crippen molar-refractivity contribution in [3.8, 4) is 5.69 Å². The first-order valence-electron chi connectivity index (χ1n) is 6.10. The molecule has 82 valence electrons. The van der Waals surface area contributed by atoms with Crippen LogP contribution in [0.5, 0.6) is 0 Å². The summed E-state index contributed by atoms with van der Waals surface area (Å²) in [7, 11) is 0. The Labute approximate surface area is 96.7 Å². The fourth-order valence-electron chi connectivity index (χ4n) is 2.56. The molecule has 0 spiro atoms. The molecule has 1 aliphatic carbocycles. The van der Waals surface area contributed by atoms with Crippen LogP contribution in [0.15, 0.2) is 36.7 Å². The van der Waals surface area contributed by atoms with Gasteiger partial charge in [-0.1, -0.05) is 12.1 Å². The van der Waals surface area contributed by atoms with Gasteiger partial charge in [0.05, 0.1) is 0 Å². The molecule has 0 N–H and O–H groups in total. The number of aryl methyl sites for hydroxylation is 3. The minimum atomic E-state index is 1.26. The maximum absolute atomic E-state index is 2.31. The summed E-state index contributed by atoms with van der Waals surface area (Å²) in [4.78, 5) is 0. The van der Waals surface area contributed by atoms with Crippen molar-refractivity contribution < 1.29 is 0 Å². The zero-order valence-electron chi connectivity index (χ0n) is 9.74. The Morgan fingerprint density at radius 3 is 2.31 bits per heavy atom. The molecule has 0 bridgehead atoms. The van der Waals surface area contributed by atoms with Crippen LogP contribution in [0.3, 0.4) is 0 Å². The zero-order chi connectivity index (χ0) is 11.0. The van der Waals surface area contributed by atoms with Crippen molar-refractivity contribution in [2.24, 2.45) is 0 Å². The largest absolute Gasteiger partial charge is 0.323 e. The Kier molecular flexibility index (Phi) is 2.32. The van der Waals surface area contributed by atoms with E-state index in [1.54, 1.807) is 11.1 Å². The van der Waals surface area contributed by atoms with Crippen LogP contribution in [0.1, 0.15) is 29.5 Å². The molecule has 0 amide bonds. The van der Waals surface area contributed by atoms with E-state index in [4.69, 9.17) is 0 Å². The van der Waals surface area contributed by atoms with Crippen LogP contribution in [0, 0.1) is 6.92 Å². The summed E-state index contributed by atoms with van der Waals surface area (Å²) >= 11 is 0. The number of nitrogens with zero attached hydrogens (tertiary/aromatic N) is 1. The fraction of sp³-hybridized carbons (Fsp3) is 0.333. The van der Waals surface area contributed by atoms with E-state index in [9.17, 15) is 0 Å². The fourth-order valence-corrected chi connectivity index (χ4v) is 2.56. The van der Waals surface area contributed by atoms with Gasteiger partial charge in [-0.25, -0.2) is 0 Å². The van der Waals surface area contributed by atoms with Crippen molar-refractivity contribution in [1.29, 1.82) is 0 Å². The molecule has 16 heavy (non-hydrogen) atoms. The molecule has 1 aromatic heterocycles. The summed E-state index contributed by atoms with van der Waals surface area (Å²) in [5, 5.41) is 0. The first kappa shape index (κ1) is 9.71. The molecule has 1 aliphatic rings. The minimum absolute atomic E-state index is 1.26. The Hall–Kier alpha value is -1.50. The van der Waals surface area contributed by atoms with Crippen molar-refractivity contribution in [3.63, 3.8) is 0 Å². The second-order valence-corrected chi connectivity index (χ2v) is 4.76. The lowest BCUT2D eigenvalue weighted by Gasteiger charge is -2.08. The van der Waals surface area contributed by atoms with Gasteiger partial charge in [0, 0.05) is 18.1 Å². The molecule has 1 heteroatoms. The maximum Gasteiger partial charge on any atom is 0.0452 e. The third-order valence-electron chi connectivity index (χ3n) is 3.44. The van der Waals surface area contributed by atoms with E-state index in [-0.39, 0.29) is 0 Å². The van der Waals surface area contributed by atoms with Gasteiger partial charge in [0.2, 0.25) is 0 Å². The number of aromatic nitrogens is 1. The van der Waals surface area contributed by atoms with E-state index in [2.05, 4.69) is 48.1 Å². The zero-order valence-corrected chi connectivity index (χ0v) is 9.74. The summed E-state index contributed by atoms with van der Waals surface area (Å²) in [5.41, 5.74) is 5.71. The quantitative estimate of drug-likeness (QED) is 0.678. The van der Waals surface area contributed by atoms with Crippen LogP contribution in [-0.4, -0.2) is 4.57 Å². The Bertz CT molecular complexity index is 484. The van der Waals surface area contributed by atoms with E-state index < -0.39 is 0 Å². The predicted molar refractivity (Wildman–Crippen MR) is 67.1 cm³/mol. The summed E-state index contributed by atoms with van der Waals surface area (Å²) in [6, 6.07) is 8.69. The highest BCUT2D eigenvalue weighted by molar-refractivity contribution is 5.40. The van der Waals surface area contributed by atoms with Gasteiger partial charge in [-0.2, -0.15) is 0 Å². The van der Waals surface area contributed by atoms with Crippen LogP contribution in [0.25, 0.3) is 5.69 Å². The van der Waals surface area contributed by atoms with Crippen LogP contribution < -0.4 is 0 Å². The monoisotopic (exact) mass is 211 g/mol. The van der Waals surface area contributed by atoms with E-state index >= 15 is 0 Å². The SMILES string of the molecule is Cc1cccc(-n2cc3c(c2)CCCC3)c1. The van der Waals surface area contributed by atoms with Crippen molar-refractivity contribution in [1.82, 2.24) is 4.57 Å². The molecule has 0 atom stereocenters. The van der Waals surface area contributed by atoms with Crippen molar-refractivity contribution in [2.45, 2.75) is 32.6 Å². The molecule has 1 nitrogen and oxygen atoms in total. The number of benzene rings is 1. The summed E-state index contributed by atoms with van der Waals surface area (Å²) in [6.07, 6.45) is 9.84. The van der Waals surface area contributed by atoms with Gasteiger partial charge in [0.15, 0.2) is 0 Å². The van der Waals surface area contributed by atoms with E-state index in [0.29, 0.717) is 0 Å². The van der Waals surface area contributed by atoms with Crippen LogP contribution in [0.2, 0.25) is 0 Å². The molecule has 0 radical (unpaired) electrons. The topological polar surface area (TPSA) is 4.93 Å². The highest BCUT2D eigenvalue weighted by atomic mass is 14.9. The van der Waals surface area contributed by atoms with Crippen LogP contribution in [-0.2, 0) is 12.8 Å². The van der Waals surface area contributed by atoms with E-state index in [0.717, 1.165) is 0 Å². The molecule has 0 saturated carbocycles. The summed E-state index contributed by atoms with van der Waals surface area (Å²) in [5.74, 6) is 0. The number of hydrogen-bond donors (Lipinski definition) is 0. The minimum Gasteiger partial charge on any atom is -0.323 e. The summed E-state index contributed by atoms with van der Waals surface area (Å²) < 4.78 is 2.28. The van der Waals surface area contributed by atoms with Gasteiger partial charge in [-0.15, -0.1) is 0 Å². The third-order valence-corrected chi connectivity index (χ3v) is 3.44. The Morgan fingerprint density at radius 2 is 1.69 bits per heavy atom. The molecule has 1 aromatic carbocycles. The Morgan fingerprint density at radius 1 is 1.00 bits per heavy atom. The molecule has 2 aromatic rings. The lowest BCUT2D eigenvalue weighted by atomic mass is 9.96. The molecule has 0 aliphatic heterocycles. The predicted octanol–water partition coefficient (Wildman–Crippen LogP) is 3.66. The average molecular weight is 211 g/mol. The molecule has 3 rings (SSSR count). The van der Waals surface area contributed by atoms with Gasteiger partial charge >= 0.3 is 0 Å². The van der Waals surface area contributed by atoms with Crippen molar-refractivity contribution in [3.05, 3.63) is 53.3 Å². The molecule has 1 heterocycles. The van der Waals surface area contributed by atoms with Crippen molar-refractivity contribution in [2.75, 3.05) is 0 Å². The highest BCUT2D eigenvalue weighted by Gasteiger charge is 2.11. The smallest absolute Gasteiger partial charge is 0.0452 e. The normalized spacial score (nSPS) is 14.8. The Balaban J connectivity index is 2.03. The maximum atomic E-state index is 2.31. The van der Waals surface area contributed by atoms with Gasteiger partial charge in [-0.05, 0) is 61.4 Å². The third kappa shape index (κ3) is 1.67. The number of rotatable bonds is 1. The molecule has 0 unspecified atom stereocenters. The lowest BCUT2D eigenvalue weighted by Crippen LogP contribution is -1.97.